The summed E-state index contributed by atoms with van der Waals surface area (Å²) in [5.74, 6) is 0. The van der Waals surface area contributed by atoms with E-state index < -0.39 is 0 Å². The van der Waals surface area contributed by atoms with Crippen molar-refractivity contribution in [2.75, 3.05) is 0 Å². The maximum atomic E-state index is 3.73. The Bertz CT molecular complexity index is 155. The maximum Gasteiger partial charge on any atom is 0.162 e. The van der Waals surface area contributed by atoms with Crippen LogP contribution in [0.15, 0.2) is 19.0 Å². The van der Waals surface area contributed by atoms with Crippen LogP contribution < -0.4 is 0 Å². The normalized spacial score (nSPS) is 9.00. The fourth-order valence-electron chi connectivity index (χ4n) is 0.388. The van der Waals surface area contributed by atoms with E-state index in [2.05, 4.69) is 22.0 Å². The molecule has 0 aliphatic heterocycles. The average molecular weight is 110 g/mol. The molecule has 0 N–H and O–H groups in total. The average Bonchev–Trinajstić information content (AvgIpc) is 2.19. The molecule has 0 spiro atoms. The zero-order chi connectivity index (χ0) is 5.82. The molecule has 1 aromatic rings. The van der Waals surface area contributed by atoms with Gasteiger partial charge in [-0.05, 0) is 5.21 Å². The summed E-state index contributed by atoms with van der Waals surface area (Å²) in [6, 6.07) is 0. The standard InChI is InChI=1S/C4H6N4/c1-2-3-8-6-4-5-7-8/h2,4H,1,3H2. The second kappa shape index (κ2) is 2.20. The van der Waals surface area contributed by atoms with E-state index in [1.54, 1.807) is 6.08 Å². The molecule has 1 heterocycles. The molecular formula is C4H6N4. The van der Waals surface area contributed by atoms with Gasteiger partial charge in [0.1, 0.15) is 0 Å². The Morgan fingerprint density at radius 3 is 3.12 bits per heavy atom. The van der Waals surface area contributed by atoms with Gasteiger partial charge in [0.15, 0.2) is 6.33 Å². The molecule has 0 fully saturated rings. The van der Waals surface area contributed by atoms with E-state index in [0.717, 1.165) is 0 Å². The van der Waals surface area contributed by atoms with Gasteiger partial charge in [0.2, 0.25) is 0 Å². The Balaban J connectivity index is 2.62. The van der Waals surface area contributed by atoms with E-state index in [4.69, 9.17) is 0 Å². The fourth-order valence-corrected chi connectivity index (χ4v) is 0.388. The van der Waals surface area contributed by atoms with Gasteiger partial charge >= 0.3 is 0 Å². The van der Waals surface area contributed by atoms with Gasteiger partial charge in [-0.25, -0.2) is 0 Å². The molecule has 1 rings (SSSR count). The van der Waals surface area contributed by atoms with Crippen LogP contribution in [0.2, 0.25) is 0 Å². The second-order valence-electron chi connectivity index (χ2n) is 1.28. The number of hydrogen-bond acceptors (Lipinski definition) is 3. The first-order valence-corrected chi connectivity index (χ1v) is 2.25. The van der Waals surface area contributed by atoms with Crippen LogP contribution in [0.4, 0.5) is 0 Å². The Morgan fingerprint density at radius 2 is 2.62 bits per heavy atom. The molecule has 0 aliphatic carbocycles. The van der Waals surface area contributed by atoms with Crippen molar-refractivity contribution in [3.05, 3.63) is 19.0 Å². The molecule has 0 saturated carbocycles. The number of nitrogens with zero attached hydrogens (tertiary/aromatic N) is 4. The quantitative estimate of drug-likeness (QED) is 0.497. The third-order valence-corrected chi connectivity index (χ3v) is 0.684. The molecule has 0 aliphatic rings. The van der Waals surface area contributed by atoms with Crippen LogP contribution in [0.25, 0.3) is 0 Å². The van der Waals surface area contributed by atoms with E-state index in [1.807, 2.05) is 0 Å². The lowest BCUT2D eigenvalue weighted by atomic mass is 10.7. The van der Waals surface area contributed by atoms with Crippen molar-refractivity contribution in [2.45, 2.75) is 6.54 Å². The zero-order valence-electron chi connectivity index (χ0n) is 4.36. The predicted molar refractivity (Wildman–Crippen MR) is 28.0 cm³/mol. The summed E-state index contributed by atoms with van der Waals surface area (Å²) in [5.41, 5.74) is 0. The smallest absolute Gasteiger partial charge is 0.161 e. The van der Waals surface area contributed by atoms with Crippen molar-refractivity contribution in [2.24, 2.45) is 0 Å². The highest BCUT2D eigenvalue weighted by molar-refractivity contribution is 4.63. The summed E-state index contributed by atoms with van der Waals surface area (Å²) in [4.78, 5) is 1.45. The summed E-state index contributed by atoms with van der Waals surface area (Å²) in [6.45, 7) is 4.13. The Morgan fingerprint density at radius 1 is 1.75 bits per heavy atom. The number of rotatable bonds is 2. The monoisotopic (exact) mass is 110 g/mol. The van der Waals surface area contributed by atoms with E-state index in [9.17, 15) is 0 Å². The SMILES string of the molecule is C=CCn1ncnn1. The molecule has 0 unspecified atom stereocenters. The van der Waals surface area contributed by atoms with Gasteiger partial charge in [0.25, 0.3) is 0 Å². The van der Waals surface area contributed by atoms with Crippen LogP contribution in [0, 0.1) is 0 Å². The molecule has 4 heteroatoms. The zero-order valence-corrected chi connectivity index (χ0v) is 4.36. The van der Waals surface area contributed by atoms with Gasteiger partial charge in [-0.2, -0.15) is 4.80 Å². The lowest BCUT2D eigenvalue weighted by Gasteiger charge is -1.84. The van der Waals surface area contributed by atoms with Crippen LogP contribution in [0.3, 0.4) is 0 Å². The van der Waals surface area contributed by atoms with Crippen molar-refractivity contribution < 1.29 is 0 Å². The fraction of sp³-hybridized carbons (Fsp3) is 0.250. The second-order valence-corrected chi connectivity index (χ2v) is 1.28. The minimum Gasteiger partial charge on any atom is -0.161 e. The van der Waals surface area contributed by atoms with Gasteiger partial charge in [-0.3, -0.25) is 0 Å². The molecule has 4 nitrogen and oxygen atoms in total. The molecular weight excluding hydrogens is 104 g/mol. The van der Waals surface area contributed by atoms with Crippen molar-refractivity contribution in [3.63, 3.8) is 0 Å². The highest BCUT2D eigenvalue weighted by Gasteiger charge is 1.82. The number of allylic oxidation sites excluding steroid dienone is 1. The van der Waals surface area contributed by atoms with Crippen molar-refractivity contribution in [1.29, 1.82) is 0 Å². The summed E-state index contributed by atoms with van der Waals surface area (Å²) in [6.07, 6.45) is 3.10. The minimum atomic E-state index is 0.625. The van der Waals surface area contributed by atoms with Gasteiger partial charge in [-0.1, -0.05) is 6.08 Å². The van der Waals surface area contributed by atoms with Gasteiger partial charge in [-0.15, -0.1) is 16.8 Å². The third-order valence-electron chi connectivity index (χ3n) is 0.684. The van der Waals surface area contributed by atoms with Crippen LogP contribution in [-0.4, -0.2) is 20.2 Å². The van der Waals surface area contributed by atoms with E-state index in [1.165, 1.54) is 11.1 Å². The Kier molecular flexibility index (Phi) is 1.37. The molecule has 1 aromatic heterocycles. The number of hydrogen-bond donors (Lipinski definition) is 0. The van der Waals surface area contributed by atoms with Gasteiger partial charge in [0.05, 0.1) is 6.54 Å². The lowest BCUT2D eigenvalue weighted by Crippen LogP contribution is -1.98. The highest BCUT2D eigenvalue weighted by Crippen LogP contribution is 1.72. The van der Waals surface area contributed by atoms with Crippen molar-refractivity contribution in [3.8, 4) is 0 Å². The maximum absolute atomic E-state index is 3.73. The van der Waals surface area contributed by atoms with E-state index in [-0.39, 0.29) is 0 Å². The first-order valence-electron chi connectivity index (χ1n) is 2.25. The van der Waals surface area contributed by atoms with E-state index in [0.29, 0.717) is 6.54 Å². The Labute approximate surface area is 46.8 Å². The molecule has 8 heavy (non-hydrogen) atoms. The predicted octanol–water partition coefficient (Wildman–Crippen LogP) is -0.141. The first kappa shape index (κ1) is 4.96. The molecule has 0 saturated heterocycles. The summed E-state index contributed by atoms with van der Waals surface area (Å²) >= 11 is 0. The van der Waals surface area contributed by atoms with Crippen molar-refractivity contribution >= 4 is 0 Å². The molecule has 0 aromatic carbocycles. The number of aromatic nitrogens is 4. The van der Waals surface area contributed by atoms with Gasteiger partial charge in [0, 0.05) is 0 Å². The lowest BCUT2D eigenvalue weighted by molar-refractivity contribution is 0.583. The first-order chi connectivity index (χ1) is 3.93. The summed E-state index contributed by atoms with van der Waals surface area (Å²) in [5, 5.41) is 10.8. The topological polar surface area (TPSA) is 43.6 Å². The summed E-state index contributed by atoms with van der Waals surface area (Å²) < 4.78 is 0. The van der Waals surface area contributed by atoms with Crippen LogP contribution in [0.1, 0.15) is 0 Å². The van der Waals surface area contributed by atoms with Crippen LogP contribution >= 0.6 is 0 Å². The highest BCUT2D eigenvalue weighted by atomic mass is 15.6. The van der Waals surface area contributed by atoms with Crippen LogP contribution in [-0.2, 0) is 6.54 Å². The van der Waals surface area contributed by atoms with E-state index >= 15 is 0 Å². The molecule has 0 radical (unpaired) electrons. The minimum absolute atomic E-state index is 0.625. The van der Waals surface area contributed by atoms with Gasteiger partial charge < -0.3 is 0 Å². The molecule has 0 amide bonds. The van der Waals surface area contributed by atoms with Crippen LogP contribution in [0.5, 0.6) is 0 Å². The molecule has 0 bridgehead atoms. The summed E-state index contributed by atoms with van der Waals surface area (Å²) in [7, 11) is 0. The largest absolute Gasteiger partial charge is 0.162 e. The van der Waals surface area contributed by atoms with Crippen molar-refractivity contribution in [1.82, 2.24) is 20.2 Å². The molecule has 42 valence electrons. The Hall–Kier alpha value is -1.19. The molecule has 0 atom stereocenters. The number of tetrazole rings is 1. The third kappa shape index (κ3) is 0.900.